The van der Waals surface area contributed by atoms with Crippen molar-refractivity contribution in [1.82, 2.24) is 5.32 Å². The maximum absolute atomic E-state index is 6.26. The van der Waals surface area contributed by atoms with Crippen LogP contribution >= 0.6 is 11.6 Å². The Labute approximate surface area is 127 Å². The molecular formula is C16H26ClNO2. The van der Waals surface area contributed by atoms with Crippen molar-refractivity contribution in [2.45, 2.75) is 39.8 Å². The van der Waals surface area contributed by atoms with E-state index in [4.69, 9.17) is 21.1 Å². The van der Waals surface area contributed by atoms with Crippen LogP contribution in [0.3, 0.4) is 0 Å². The SMILES string of the molecule is COCCC(C)Oc1ccc(CNCC(C)C)cc1Cl. The van der Waals surface area contributed by atoms with Gasteiger partial charge in [0.1, 0.15) is 5.75 Å². The maximum Gasteiger partial charge on any atom is 0.138 e. The maximum atomic E-state index is 6.26. The molecule has 0 aliphatic rings. The minimum absolute atomic E-state index is 0.0948. The van der Waals surface area contributed by atoms with Gasteiger partial charge in [0.05, 0.1) is 11.1 Å². The van der Waals surface area contributed by atoms with E-state index in [1.54, 1.807) is 7.11 Å². The predicted octanol–water partition coefficient (Wildman–Crippen LogP) is 3.89. The van der Waals surface area contributed by atoms with Crippen LogP contribution in [0.15, 0.2) is 18.2 Å². The Hall–Kier alpha value is -0.770. The molecule has 0 saturated carbocycles. The lowest BCUT2D eigenvalue weighted by Gasteiger charge is -2.16. The fraction of sp³-hybridized carbons (Fsp3) is 0.625. The summed E-state index contributed by atoms with van der Waals surface area (Å²) in [6, 6.07) is 5.96. The first-order valence-electron chi connectivity index (χ1n) is 7.17. The monoisotopic (exact) mass is 299 g/mol. The molecule has 20 heavy (non-hydrogen) atoms. The molecule has 0 saturated heterocycles. The van der Waals surface area contributed by atoms with Gasteiger partial charge in [-0.3, -0.25) is 0 Å². The molecule has 0 bridgehead atoms. The van der Waals surface area contributed by atoms with Crippen molar-refractivity contribution in [3.05, 3.63) is 28.8 Å². The smallest absolute Gasteiger partial charge is 0.138 e. The van der Waals surface area contributed by atoms with Gasteiger partial charge in [-0.25, -0.2) is 0 Å². The fourth-order valence-electron chi connectivity index (χ4n) is 1.81. The van der Waals surface area contributed by atoms with E-state index in [9.17, 15) is 0 Å². The van der Waals surface area contributed by atoms with E-state index in [0.717, 1.165) is 25.3 Å². The Bertz CT molecular complexity index is 396. The average molecular weight is 300 g/mol. The minimum atomic E-state index is 0.0948. The number of halogens is 1. The van der Waals surface area contributed by atoms with Crippen LogP contribution in [0.5, 0.6) is 5.75 Å². The van der Waals surface area contributed by atoms with E-state index in [1.165, 1.54) is 5.56 Å². The minimum Gasteiger partial charge on any atom is -0.489 e. The van der Waals surface area contributed by atoms with Gasteiger partial charge < -0.3 is 14.8 Å². The van der Waals surface area contributed by atoms with Crippen molar-refractivity contribution in [2.75, 3.05) is 20.3 Å². The van der Waals surface area contributed by atoms with Crippen molar-refractivity contribution in [2.24, 2.45) is 5.92 Å². The van der Waals surface area contributed by atoms with Crippen LogP contribution in [-0.4, -0.2) is 26.4 Å². The van der Waals surface area contributed by atoms with E-state index in [2.05, 4.69) is 25.2 Å². The summed E-state index contributed by atoms with van der Waals surface area (Å²) in [5, 5.41) is 4.07. The second-order valence-electron chi connectivity index (χ2n) is 5.50. The highest BCUT2D eigenvalue weighted by Crippen LogP contribution is 2.26. The van der Waals surface area contributed by atoms with Crippen LogP contribution in [0.4, 0.5) is 0 Å². The highest BCUT2D eigenvalue weighted by molar-refractivity contribution is 6.32. The lowest BCUT2D eigenvalue weighted by molar-refractivity contribution is 0.135. The number of ether oxygens (including phenoxy) is 2. The van der Waals surface area contributed by atoms with Crippen molar-refractivity contribution in [3.8, 4) is 5.75 Å². The first-order chi connectivity index (χ1) is 9.52. The summed E-state index contributed by atoms with van der Waals surface area (Å²) in [6.45, 7) is 8.93. The van der Waals surface area contributed by atoms with Crippen molar-refractivity contribution in [1.29, 1.82) is 0 Å². The number of hydrogen-bond donors (Lipinski definition) is 1. The quantitative estimate of drug-likeness (QED) is 0.750. The zero-order chi connectivity index (χ0) is 15.0. The summed E-state index contributed by atoms with van der Waals surface area (Å²) in [5.74, 6) is 1.39. The summed E-state index contributed by atoms with van der Waals surface area (Å²) < 4.78 is 10.9. The molecule has 0 aliphatic heterocycles. The first-order valence-corrected chi connectivity index (χ1v) is 7.55. The van der Waals surface area contributed by atoms with Gasteiger partial charge in [-0.15, -0.1) is 0 Å². The van der Waals surface area contributed by atoms with Gasteiger partial charge in [-0.2, -0.15) is 0 Å². The van der Waals surface area contributed by atoms with Crippen LogP contribution in [0, 0.1) is 5.92 Å². The zero-order valence-corrected chi connectivity index (χ0v) is 13.7. The molecule has 1 rings (SSSR count). The molecule has 0 aliphatic carbocycles. The molecule has 4 heteroatoms. The molecule has 1 unspecified atom stereocenters. The molecule has 3 nitrogen and oxygen atoms in total. The van der Waals surface area contributed by atoms with E-state index in [0.29, 0.717) is 17.5 Å². The molecule has 0 fully saturated rings. The van der Waals surface area contributed by atoms with Gasteiger partial charge in [0, 0.05) is 26.7 Å². The van der Waals surface area contributed by atoms with E-state index in [1.807, 2.05) is 19.1 Å². The largest absolute Gasteiger partial charge is 0.489 e. The third-order valence-electron chi connectivity index (χ3n) is 2.93. The van der Waals surface area contributed by atoms with Gasteiger partial charge in [0.2, 0.25) is 0 Å². The van der Waals surface area contributed by atoms with Crippen LogP contribution < -0.4 is 10.1 Å². The summed E-state index contributed by atoms with van der Waals surface area (Å²) in [4.78, 5) is 0. The summed E-state index contributed by atoms with van der Waals surface area (Å²) >= 11 is 6.26. The number of methoxy groups -OCH3 is 1. The molecule has 1 aromatic carbocycles. The van der Waals surface area contributed by atoms with Crippen LogP contribution in [0.25, 0.3) is 0 Å². The lowest BCUT2D eigenvalue weighted by Crippen LogP contribution is -2.19. The van der Waals surface area contributed by atoms with Crippen LogP contribution in [0.1, 0.15) is 32.8 Å². The van der Waals surface area contributed by atoms with Gasteiger partial charge in [-0.05, 0) is 37.1 Å². The summed E-state index contributed by atoms with van der Waals surface area (Å²) in [7, 11) is 1.69. The topological polar surface area (TPSA) is 30.5 Å². The number of rotatable bonds is 9. The average Bonchev–Trinajstić information content (AvgIpc) is 2.39. The van der Waals surface area contributed by atoms with Crippen LogP contribution in [-0.2, 0) is 11.3 Å². The first kappa shape index (κ1) is 17.3. The Morgan fingerprint density at radius 3 is 2.60 bits per heavy atom. The second-order valence-corrected chi connectivity index (χ2v) is 5.91. The van der Waals surface area contributed by atoms with Crippen molar-refractivity contribution < 1.29 is 9.47 Å². The fourth-order valence-corrected chi connectivity index (χ4v) is 2.06. The second kappa shape index (κ2) is 9.22. The zero-order valence-electron chi connectivity index (χ0n) is 12.9. The molecule has 1 aromatic rings. The molecule has 0 radical (unpaired) electrons. The van der Waals surface area contributed by atoms with Gasteiger partial charge >= 0.3 is 0 Å². The highest BCUT2D eigenvalue weighted by atomic mass is 35.5. The molecule has 0 heterocycles. The Balaban J connectivity index is 2.50. The summed E-state index contributed by atoms with van der Waals surface area (Å²) in [6.07, 6.45) is 0.946. The third-order valence-corrected chi connectivity index (χ3v) is 3.23. The number of hydrogen-bond acceptors (Lipinski definition) is 3. The normalized spacial score (nSPS) is 12.7. The molecule has 0 aromatic heterocycles. The van der Waals surface area contributed by atoms with E-state index < -0.39 is 0 Å². The highest BCUT2D eigenvalue weighted by Gasteiger charge is 2.08. The number of nitrogens with one attached hydrogen (secondary N) is 1. The molecule has 114 valence electrons. The molecule has 1 atom stereocenters. The summed E-state index contributed by atoms with van der Waals surface area (Å²) in [5.41, 5.74) is 1.17. The molecule has 1 N–H and O–H groups in total. The number of benzene rings is 1. The Kier molecular flexibility index (Phi) is 7.97. The van der Waals surface area contributed by atoms with Gasteiger partial charge in [0.25, 0.3) is 0 Å². The van der Waals surface area contributed by atoms with Crippen molar-refractivity contribution >= 4 is 11.6 Å². The lowest BCUT2D eigenvalue weighted by atomic mass is 10.2. The standard InChI is InChI=1S/C16H26ClNO2/c1-12(2)10-18-11-14-5-6-16(15(17)9-14)20-13(3)7-8-19-4/h5-6,9,12-13,18H,7-8,10-11H2,1-4H3. The molecule has 0 spiro atoms. The predicted molar refractivity (Wildman–Crippen MR) is 84.6 cm³/mol. The third kappa shape index (κ3) is 6.60. The molecule has 0 amide bonds. The van der Waals surface area contributed by atoms with E-state index in [-0.39, 0.29) is 6.10 Å². The van der Waals surface area contributed by atoms with Gasteiger partial charge in [-0.1, -0.05) is 31.5 Å². The van der Waals surface area contributed by atoms with E-state index >= 15 is 0 Å². The Morgan fingerprint density at radius 1 is 1.25 bits per heavy atom. The van der Waals surface area contributed by atoms with Gasteiger partial charge in [0.15, 0.2) is 0 Å². The van der Waals surface area contributed by atoms with Crippen molar-refractivity contribution in [3.63, 3.8) is 0 Å². The molecular weight excluding hydrogens is 274 g/mol. The van der Waals surface area contributed by atoms with Crippen LogP contribution in [0.2, 0.25) is 5.02 Å². The Morgan fingerprint density at radius 2 is 2.00 bits per heavy atom.